The lowest BCUT2D eigenvalue weighted by atomic mass is 10.1. The summed E-state index contributed by atoms with van der Waals surface area (Å²) in [5.74, 6) is -0.566. The lowest BCUT2D eigenvalue weighted by Gasteiger charge is -2.09. The van der Waals surface area contributed by atoms with Gasteiger partial charge in [-0.2, -0.15) is 0 Å². The number of carbonyl (C=O) groups is 3. The fourth-order valence-corrected chi connectivity index (χ4v) is 2.35. The molecule has 0 spiro atoms. The maximum Gasteiger partial charge on any atom is 0.251 e. The molecule has 3 amide bonds. The maximum atomic E-state index is 12.1. The molecule has 0 aliphatic carbocycles. The number of hydrogen-bond acceptors (Lipinski definition) is 3. The SMILES string of the molecule is CC(=O)Nc1ccc(C(=O)NCCNC(=O)c2ccc(C)c(C)c2)cc1. The van der Waals surface area contributed by atoms with Gasteiger partial charge in [0.15, 0.2) is 0 Å². The fraction of sp³-hybridized carbons (Fsp3) is 0.250. The summed E-state index contributed by atoms with van der Waals surface area (Å²) in [7, 11) is 0. The van der Waals surface area contributed by atoms with E-state index in [2.05, 4.69) is 16.0 Å². The summed E-state index contributed by atoms with van der Waals surface area (Å²) >= 11 is 0. The molecule has 0 atom stereocenters. The van der Waals surface area contributed by atoms with Crippen molar-refractivity contribution in [3.8, 4) is 0 Å². The minimum Gasteiger partial charge on any atom is -0.350 e. The maximum absolute atomic E-state index is 12.1. The summed E-state index contributed by atoms with van der Waals surface area (Å²) < 4.78 is 0. The van der Waals surface area contributed by atoms with E-state index in [-0.39, 0.29) is 17.7 Å². The zero-order chi connectivity index (χ0) is 19.1. The van der Waals surface area contributed by atoms with Crippen LogP contribution in [0.5, 0.6) is 0 Å². The molecule has 3 N–H and O–H groups in total. The number of benzene rings is 2. The van der Waals surface area contributed by atoms with Crippen LogP contribution in [0.25, 0.3) is 0 Å². The summed E-state index contributed by atoms with van der Waals surface area (Å²) in [6.07, 6.45) is 0. The van der Waals surface area contributed by atoms with Crippen molar-refractivity contribution in [2.24, 2.45) is 0 Å². The minimum atomic E-state index is -0.236. The van der Waals surface area contributed by atoms with Gasteiger partial charge in [0, 0.05) is 36.8 Å². The van der Waals surface area contributed by atoms with Gasteiger partial charge in [-0.1, -0.05) is 6.07 Å². The zero-order valence-corrected chi connectivity index (χ0v) is 15.2. The zero-order valence-electron chi connectivity index (χ0n) is 15.2. The van der Waals surface area contributed by atoms with Crippen molar-refractivity contribution in [1.82, 2.24) is 10.6 Å². The highest BCUT2D eigenvalue weighted by atomic mass is 16.2. The van der Waals surface area contributed by atoms with Gasteiger partial charge in [0.25, 0.3) is 11.8 Å². The lowest BCUT2D eigenvalue weighted by Crippen LogP contribution is -2.34. The molecule has 0 aromatic heterocycles. The predicted molar refractivity (Wildman–Crippen MR) is 101 cm³/mol. The van der Waals surface area contributed by atoms with Crippen LogP contribution in [0.4, 0.5) is 5.69 Å². The number of aryl methyl sites for hydroxylation is 2. The molecule has 2 rings (SSSR count). The van der Waals surface area contributed by atoms with E-state index >= 15 is 0 Å². The molecule has 0 heterocycles. The summed E-state index contributed by atoms with van der Waals surface area (Å²) in [6, 6.07) is 12.1. The Kier molecular flexibility index (Phi) is 6.49. The van der Waals surface area contributed by atoms with Gasteiger partial charge < -0.3 is 16.0 Å². The first-order valence-electron chi connectivity index (χ1n) is 8.38. The van der Waals surface area contributed by atoms with E-state index in [1.807, 2.05) is 26.0 Å². The van der Waals surface area contributed by atoms with Crippen molar-refractivity contribution in [3.63, 3.8) is 0 Å². The molecule has 0 saturated heterocycles. The smallest absolute Gasteiger partial charge is 0.251 e. The first kappa shape index (κ1) is 19.2. The van der Waals surface area contributed by atoms with Gasteiger partial charge in [-0.15, -0.1) is 0 Å². The first-order chi connectivity index (χ1) is 12.4. The summed E-state index contributed by atoms with van der Waals surface area (Å²) in [5.41, 5.74) is 3.93. The highest BCUT2D eigenvalue weighted by Crippen LogP contribution is 2.10. The van der Waals surface area contributed by atoms with E-state index in [4.69, 9.17) is 0 Å². The van der Waals surface area contributed by atoms with Gasteiger partial charge in [0.1, 0.15) is 0 Å². The summed E-state index contributed by atoms with van der Waals surface area (Å²) in [5, 5.41) is 8.17. The second-order valence-electron chi connectivity index (χ2n) is 6.07. The van der Waals surface area contributed by atoms with Crippen LogP contribution in [0.3, 0.4) is 0 Å². The number of anilines is 1. The summed E-state index contributed by atoms with van der Waals surface area (Å²) in [6.45, 7) is 6.04. The van der Waals surface area contributed by atoms with Gasteiger partial charge in [-0.25, -0.2) is 0 Å². The van der Waals surface area contributed by atoms with Gasteiger partial charge in [0.2, 0.25) is 5.91 Å². The van der Waals surface area contributed by atoms with Crippen LogP contribution in [0.1, 0.15) is 38.8 Å². The van der Waals surface area contributed by atoms with Gasteiger partial charge in [-0.3, -0.25) is 14.4 Å². The van der Waals surface area contributed by atoms with Crippen LogP contribution in [0.2, 0.25) is 0 Å². The molecule has 0 saturated carbocycles. The Morgan fingerprint density at radius 2 is 1.31 bits per heavy atom. The van der Waals surface area contributed by atoms with E-state index in [1.54, 1.807) is 30.3 Å². The van der Waals surface area contributed by atoms with Gasteiger partial charge in [0.05, 0.1) is 0 Å². The third kappa shape index (κ3) is 5.44. The standard InChI is InChI=1S/C20H23N3O3/c1-13-4-5-17(12-14(13)2)20(26)22-11-10-21-19(25)16-6-8-18(9-7-16)23-15(3)24/h4-9,12H,10-11H2,1-3H3,(H,21,25)(H,22,26)(H,23,24). The molecule has 0 bridgehead atoms. The molecular formula is C20H23N3O3. The Hall–Kier alpha value is -3.15. The number of hydrogen-bond donors (Lipinski definition) is 3. The highest BCUT2D eigenvalue weighted by molar-refractivity contribution is 5.96. The molecule has 6 heteroatoms. The number of amides is 3. The Balaban J connectivity index is 1.78. The molecule has 0 aliphatic heterocycles. The van der Waals surface area contributed by atoms with E-state index < -0.39 is 0 Å². The van der Waals surface area contributed by atoms with Crippen LogP contribution in [-0.4, -0.2) is 30.8 Å². The first-order valence-corrected chi connectivity index (χ1v) is 8.38. The fourth-order valence-electron chi connectivity index (χ4n) is 2.35. The number of nitrogens with one attached hydrogen (secondary N) is 3. The molecule has 0 fully saturated rings. The molecule has 136 valence electrons. The Bertz CT molecular complexity index is 814. The Labute approximate surface area is 153 Å². The van der Waals surface area contributed by atoms with Crippen LogP contribution < -0.4 is 16.0 Å². The second-order valence-corrected chi connectivity index (χ2v) is 6.07. The quantitative estimate of drug-likeness (QED) is 0.697. The molecular weight excluding hydrogens is 330 g/mol. The second kappa shape index (κ2) is 8.80. The third-order valence-corrected chi connectivity index (χ3v) is 3.93. The molecule has 2 aromatic rings. The van der Waals surface area contributed by atoms with Crippen molar-refractivity contribution in [1.29, 1.82) is 0 Å². The Morgan fingerprint density at radius 1 is 0.769 bits per heavy atom. The van der Waals surface area contributed by atoms with Crippen LogP contribution in [0, 0.1) is 13.8 Å². The highest BCUT2D eigenvalue weighted by Gasteiger charge is 2.08. The summed E-state index contributed by atoms with van der Waals surface area (Å²) in [4.78, 5) is 35.1. The molecule has 26 heavy (non-hydrogen) atoms. The van der Waals surface area contributed by atoms with Crippen molar-refractivity contribution >= 4 is 23.4 Å². The third-order valence-electron chi connectivity index (χ3n) is 3.93. The molecule has 0 radical (unpaired) electrons. The van der Waals surface area contributed by atoms with Gasteiger partial charge >= 0.3 is 0 Å². The van der Waals surface area contributed by atoms with Crippen molar-refractivity contribution in [2.45, 2.75) is 20.8 Å². The van der Waals surface area contributed by atoms with Gasteiger partial charge in [-0.05, 0) is 61.4 Å². The average Bonchev–Trinajstić information content (AvgIpc) is 2.60. The van der Waals surface area contributed by atoms with E-state index in [9.17, 15) is 14.4 Å². The normalized spacial score (nSPS) is 10.1. The number of rotatable bonds is 6. The molecule has 6 nitrogen and oxygen atoms in total. The van der Waals surface area contributed by atoms with Crippen LogP contribution in [-0.2, 0) is 4.79 Å². The average molecular weight is 353 g/mol. The molecule has 0 aliphatic rings. The predicted octanol–water partition coefficient (Wildman–Crippen LogP) is 2.42. The van der Waals surface area contributed by atoms with Crippen molar-refractivity contribution < 1.29 is 14.4 Å². The van der Waals surface area contributed by atoms with E-state index in [0.717, 1.165) is 11.1 Å². The topological polar surface area (TPSA) is 87.3 Å². The van der Waals surface area contributed by atoms with Crippen molar-refractivity contribution in [2.75, 3.05) is 18.4 Å². The largest absolute Gasteiger partial charge is 0.350 e. The van der Waals surface area contributed by atoms with Crippen molar-refractivity contribution in [3.05, 3.63) is 64.7 Å². The van der Waals surface area contributed by atoms with Crippen LogP contribution in [0.15, 0.2) is 42.5 Å². The molecule has 0 unspecified atom stereocenters. The van der Waals surface area contributed by atoms with E-state index in [1.165, 1.54) is 6.92 Å². The van der Waals surface area contributed by atoms with Crippen LogP contribution >= 0.6 is 0 Å². The number of carbonyl (C=O) groups excluding carboxylic acids is 3. The monoisotopic (exact) mass is 353 g/mol. The Morgan fingerprint density at radius 3 is 1.85 bits per heavy atom. The van der Waals surface area contributed by atoms with E-state index in [0.29, 0.717) is 29.9 Å². The lowest BCUT2D eigenvalue weighted by molar-refractivity contribution is -0.114. The minimum absolute atomic E-state index is 0.165. The molecule has 2 aromatic carbocycles.